The van der Waals surface area contributed by atoms with Gasteiger partial charge in [-0.25, -0.2) is 0 Å². The molecule has 0 bridgehead atoms. The van der Waals surface area contributed by atoms with Gasteiger partial charge in [0.25, 0.3) is 0 Å². The van der Waals surface area contributed by atoms with Gasteiger partial charge in [-0.05, 0) is 0 Å². The molecule has 0 spiro atoms. The minimum Gasteiger partial charge on any atom is -0.273 e. The summed E-state index contributed by atoms with van der Waals surface area (Å²) in [6.45, 7) is 10.7. The summed E-state index contributed by atoms with van der Waals surface area (Å²) in [7, 11) is 0. The lowest BCUT2D eigenvalue weighted by molar-refractivity contribution is -0.136. The highest BCUT2D eigenvalue weighted by Gasteiger charge is 2.25. The lowest BCUT2D eigenvalue weighted by Gasteiger charge is -2.21. The molecule has 0 aliphatic carbocycles. The Hall–Kier alpha value is -1.06. The molecule has 0 fully saturated rings. The van der Waals surface area contributed by atoms with Crippen LogP contribution < -0.4 is 10.9 Å². The Morgan fingerprint density at radius 2 is 0.929 bits per heavy atom. The molecule has 0 aromatic carbocycles. The van der Waals surface area contributed by atoms with Crippen molar-refractivity contribution in [2.24, 2.45) is 10.8 Å². The molecule has 2 amide bonds. The summed E-state index contributed by atoms with van der Waals surface area (Å²) >= 11 is 0. The van der Waals surface area contributed by atoms with Gasteiger partial charge in [-0.15, -0.1) is 0 Å². The molecule has 4 nitrogen and oxygen atoms in total. The summed E-state index contributed by atoms with van der Waals surface area (Å²) in [4.78, 5) is 22.7. The molecule has 0 unspecified atom stereocenters. The summed E-state index contributed by atoms with van der Waals surface area (Å²) in [5.41, 5.74) is 3.79. The molecule has 0 aliphatic rings. The van der Waals surface area contributed by atoms with E-state index in [0.29, 0.717) is 0 Å². The quantitative estimate of drug-likeness (QED) is 0.578. The van der Waals surface area contributed by atoms with E-state index in [0.717, 1.165) is 0 Å². The third kappa shape index (κ3) is 4.25. The highest BCUT2D eigenvalue weighted by Crippen LogP contribution is 2.13. The molecule has 0 radical (unpaired) electrons. The first kappa shape index (κ1) is 12.9. The van der Waals surface area contributed by atoms with Gasteiger partial charge in [-0.3, -0.25) is 20.4 Å². The number of nitrogens with one attached hydrogen (secondary N) is 2. The molecule has 2 N–H and O–H groups in total. The molecule has 0 atom stereocenters. The summed E-state index contributed by atoms with van der Waals surface area (Å²) in [5.74, 6) is -0.398. The first-order valence-electron chi connectivity index (χ1n) is 4.66. The Morgan fingerprint density at radius 3 is 1.07 bits per heavy atom. The predicted molar refractivity (Wildman–Crippen MR) is 55.2 cm³/mol. The van der Waals surface area contributed by atoms with E-state index >= 15 is 0 Å². The summed E-state index contributed by atoms with van der Waals surface area (Å²) < 4.78 is 0. The fraction of sp³-hybridized carbons (Fsp3) is 0.800. The standard InChI is InChI=1S/C10H20N2O2/c1-9(2,3)7(13)11-12-8(14)10(4,5)6/h1-6H3,(H,11,13)(H,12,14). The van der Waals surface area contributed by atoms with Gasteiger partial charge in [0, 0.05) is 10.8 Å². The maximum Gasteiger partial charge on any atom is 0.243 e. The normalized spacial score (nSPS) is 12.1. The van der Waals surface area contributed by atoms with Gasteiger partial charge in [-0.2, -0.15) is 0 Å². The number of hydrazine groups is 1. The van der Waals surface area contributed by atoms with Crippen molar-refractivity contribution >= 4 is 11.8 Å². The third-order valence-electron chi connectivity index (χ3n) is 1.65. The van der Waals surface area contributed by atoms with Crippen LogP contribution in [0.25, 0.3) is 0 Å². The monoisotopic (exact) mass is 200 g/mol. The van der Waals surface area contributed by atoms with Crippen molar-refractivity contribution in [3.05, 3.63) is 0 Å². The van der Waals surface area contributed by atoms with E-state index < -0.39 is 10.8 Å². The van der Waals surface area contributed by atoms with Crippen LogP contribution >= 0.6 is 0 Å². The Labute approximate surface area is 85.4 Å². The molecule has 0 aliphatic heterocycles. The summed E-state index contributed by atoms with van der Waals surface area (Å²) in [6, 6.07) is 0. The first-order valence-corrected chi connectivity index (χ1v) is 4.66. The summed E-state index contributed by atoms with van der Waals surface area (Å²) in [5, 5.41) is 0. The maximum atomic E-state index is 11.4. The molecule has 0 heterocycles. The van der Waals surface area contributed by atoms with Gasteiger partial charge < -0.3 is 0 Å². The van der Waals surface area contributed by atoms with Crippen molar-refractivity contribution in [2.45, 2.75) is 41.5 Å². The zero-order valence-corrected chi connectivity index (χ0v) is 9.82. The van der Waals surface area contributed by atoms with Crippen LogP contribution in [0.4, 0.5) is 0 Å². The number of hydrogen-bond donors (Lipinski definition) is 2. The van der Waals surface area contributed by atoms with Gasteiger partial charge in [0.05, 0.1) is 0 Å². The van der Waals surface area contributed by atoms with Crippen LogP contribution in [0.1, 0.15) is 41.5 Å². The van der Waals surface area contributed by atoms with Crippen molar-refractivity contribution < 1.29 is 9.59 Å². The molecule has 0 saturated carbocycles. The van der Waals surface area contributed by atoms with E-state index in [2.05, 4.69) is 10.9 Å². The van der Waals surface area contributed by atoms with E-state index in [9.17, 15) is 9.59 Å². The number of carbonyl (C=O) groups is 2. The second kappa shape index (κ2) is 3.98. The van der Waals surface area contributed by atoms with Gasteiger partial charge in [-0.1, -0.05) is 41.5 Å². The lowest BCUT2D eigenvalue weighted by Crippen LogP contribution is -2.50. The fourth-order valence-electron chi connectivity index (χ4n) is 0.489. The topological polar surface area (TPSA) is 58.2 Å². The first-order chi connectivity index (χ1) is 6.05. The zero-order chi connectivity index (χ0) is 11.6. The van der Waals surface area contributed by atoms with Crippen LogP contribution in [0.3, 0.4) is 0 Å². The Morgan fingerprint density at radius 1 is 0.714 bits per heavy atom. The van der Waals surface area contributed by atoms with Gasteiger partial charge in [0.1, 0.15) is 0 Å². The van der Waals surface area contributed by atoms with Crippen LogP contribution in [0.2, 0.25) is 0 Å². The number of hydrogen-bond acceptors (Lipinski definition) is 2. The average Bonchev–Trinajstić information content (AvgIpc) is 1.95. The van der Waals surface area contributed by atoms with Gasteiger partial charge in [0.2, 0.25) is 11.8 Å². The fourth-order valence-corrected chi connectivity index (χ4v) is 0.489. The van der Waals surface area contributed by atoms with E-state index in [1.807, 2.05) is 0 Å². The average molecular weight is 200 g/mol. The smallest absolute Gasteiger partial charge is 0.243 e. The molecular weight excluding hydrogens is 180 g/mol. The molecule has 0 aromatic heterocycles. The Bertz CT molecular complexity index is 207. The van der Waals surface area contributed by atoms with Gasteiger partial charge in [0.15, 0.2) is 0 Å². The SMILES string of the molecule is CC(C)(C)C(=O)NNC(=O)C(C)(C)C. The van der Waals surface area contributed by atoms with E-state index in [4.69, 9.17) is 0 Å². The Kier molecular flexibility index (Phi) is 3.68. The van der Waals surface area contributed by atoms with Crippen LogP contribution in [-0.2, 0) is 9.59 Å². The van der Waals surface area contributed by atoms with Crippen molar-refractivity contribution in [3.63, 3.8) is 0 Å². The highest BCUT2D eigenvalue weighted by molar-refractivity contribution is 5.86. The minimum atomic E-state index is -0.495. The van der Waals surface area contributed by atoms with Crippen molar-refractivity contribution in [1.82, 2.24) is 10.9 Å². The molecule has 4 heteroatoms. The third-order valence-corrected chi connectivity index (χ3v) is 1.65. The lowest BCUT2D eigenvalue weighted by atomic mass is 9.95. The number of carbonyl (C=O) groups excluding carboxylic acids is 2. The van der Waals surface area contributed by atoms with Crippen LogP contribution in [-0.4, -0.2) is 11.8 Å². The number of rotatable bonds is 0. The van der Waals surface area contributed by atoms with Crippen LogP contribution in [0, 0.1) is 10.8 Å². The predicted octanol–water partition coefficient (Wildman–Crippen LogP) is 1.23. The molecule has 14 heavy (non-hydrogen) atoms. The molecule has 0 aromatic rings. The summed E-state index contributed by atoms with van der Waals surface area (Å²) in [6.07, 6.45) is 0. The zero-order valence-electron chi connectivity index (χ0n) is 9.82. The second-order valence-electron chi connectivity index (χ2n) is 5.41. The molecule has 0 saturated heterocycles. The van der Waals surface area contributed by atoms with Crippen molar-refractivity contribution in [1.29, 1.82) is 0 Å². The van der Waals surface area contributed by atoms with E-state index in [1.165, 1.54) is 0 Å². The van der Waals surface area contributed by atoms with Crippen molar-refractivity contribution in [3.8, 4) is 0 Å². The largest absolute Gasteiger partial charge is 0.273 e. The Balaban J connectivity index is 4.10. The van der Waals surface area contributed by atoms with Crippen LogP contribution in [0.15, 0.2) is 0 Å². The highest BCUT2D eigenvalue weighted by atomic mass is 16.2. The van der Waals surface area contributed by atoms with E-state index in [-0.39, 0.29) is 11.8 Å². The maximum absolute atomic E-state index is 11.4. The molecule has 0 rings (SSSR count). The molecule has 82 valence electrons. The van der Waals surface area contributed by atoms with E-state index in [1.54, 1.807) is 41.5 Å². The molecular formula is C10H20N2O2. The van der Waals surface area contributed by atoms with Crippen molar-refractivity contribution in [2.75, 3.05) is 0 Å². The van der Waals surface area contributed by atoms with Gasteiger partial charge >= 0.3 is 0 Å². The number of amides is 2. The minimum absolute atomic E-state index is 0.199. The second-order valence-corrected chi connectivity index (χ2v) is 5.41. The van der Waals surface area contributed by atoms with Crippen LogP contribution in [0.5, 0.6) is 0 Å².